The monoisotopic (exact) mass is 267 g/mol. The second kappa shape index (κ2) is 5.33. The Hall–Kier alpha value is -2.36. The molecule has 1 amide bonds. The molecule has 1 heterocycles. The number of amides is 1. The summed E-state index contributed by atoms with van der Waals surface area (Å²) in [7, 11) is 1.78. The minimum absolute atomic E-state index is 0.0526. The molecule has 1 aliphatic carbocycles. The summed E-state index contributed by atoms with van der Waals surface area (Å²) in [6, 6.07) is 12.0. The Morgan fingerprint density at radius 2 is 2.00 bits per heavy atom. The summed E-state index contributed by atoms with van der Waals surface area (Å²) in [6.07, 6.45) is 5.77. The minimum Gasteiger partial charge on any atom is -0.381 e. The van der Waals surface area contributed by atoms with Crippen LogP contribution in [0, 0.1) is 0 Å². The molecular formula is C16H17N3O. The zero-order chi connectivity index (χ0) is 13.9. The molecule has 0 saturated heterocycles. The molecule has 0 spiro atoms. The molecule has 4 heteroatoms. The van der Waals surface area contributed by atoms with Crippen molar-refractivity contribution in [3.63, 3.8) is 0 Å². The van der Waals surface area contributed by atoms with E-state index in [-0.39, 0.29) is 5.91 Å². The molecule has 1 fully saturated rings. The summed E-state index contributed by atoms with van der Waals surface area (Å²) in [6.45, 7) is 0. The lowest BCUT2D eigenvalue weighted by molar-refractivity contribution is 0.0992. The van der Waals surface area contributed by atoms with Gasteiger partial charge in [0, 0.05) is 31.2 Å². The maximum Gasteiger partial charge on any atom is 0.259 e. The maximum absolute atomic E-state index is 12.5. The van der Waals surface area contributed by atoms with Gasteiger partial charge in [-0.2, -0.15) is 0 Å². The summed E-state index contributed by atoms with van der Waals surface area (Å²) >= 11 is 0. The van der Waals surface area contributed by atoms with Gasteiger partial charge in [-0.3, -0.25) is 9.78 Å². The molecule has 2 aromatic rings. The van der Waals surface area contributed by atoms with Gasteiger partial charge in [0.15, 0.2) is 0 Å². The van der Waals surface area contributed by atoms with Crippen LogP contribution in [0.1, 0.15) is 23.2 Å². The quantitative estimate of drug-likeness (QED) is 0.926. The predicted molar refractivity (Wildman–Crippen MR) is 80.1 cm³/mol. The number of carbonyl (C=O) groups excluding carboxylic acids is 1. The van der Waals surface area contributed by atoms with Crippen molar-refractivity contribution in [2.24, 2.45) is 0 Å². The first kappa shape index (κ1) is 12.7. The number of nitrogens with zero attached hydrogens (tertiary/aromatic N) is 2. The van der Waals surface area contributed by atoms with Gasteiger partial charge < -0.3 is 10.2 Å². The highest BCUT2D eigenvalue weighted by molar-refractivity contribution is 6.05. The van der Waals surface area contributed by atoms with E-state index in [1.54, 1.807) is 24.3 Å². The third-order valence-electron chi connectivity index (χ3n) is 3.38. The van der Waals surface area contributed by atoms with E-state index >= 15 is 0 Å². The maximum atomic E-state index is 12.5. The molecule has 0 unspecified atom stereocenters. The molecule has 1 aromatic carbocycles. The van der Waals surface area contributed by atoms with Gasteiger partial charge in [-0.05, 0) is 31.0 Å². The van der Waals surface area contributed by atoms with Crippen LogP contribution in [0.25, 0.3) is 0 Å². The lowest BCUT2D eigenvalue weighted by Gasteiger charge is -2.17. The van der Waals surface area contributed by atoms with E-state index in [0.717, 1.165) is 11.4 Å². The Morgan fingerprint density at radius 1 is 1.25 bits per heavy atom. The lowest BCUT2D eigenvalue weighted by atomic mass is 10.2. The molecule has 102 valence electrons. The van der Waals surface area contributed by atoms with Crippen molar-refractivity contribution in [2.45, 2.75) is 18.9 Å². The third kappa shape index (κ3) is 2.79. The minimum atomic E-state index is -0.0526. The number of rotatable bonds is 4. The van der Waals surface area contributed by atoms with E-state index in [4.69, 9.17) is 0 Å². The molecule has 1 saturated carbocycles. The fourth-order valence-electron chi connectivity index (χ4n) is 2.06. The number of hydrogen-bond donors (Lipinski definition) is 1. The van der Waals surface area contributed by atoms with E-state index in [9.17, 15) is 4.79 Å². The Balaban J connectivity index is 1.79. The number of para-hydroxylation sites is 1. The fourth-order valence-corrected chi connectivity index (χ4v) is 2.06. The highest BCUT2D eigenvalue weighted by Crippen LogP contribution is 2.25. The van der Waals surface area contributed by atoms with Crippen molar-refractivity contribution < 1.29 is 4.79 Å². The smallest absolute Gasteiger partial charge is 0.259 e. The summed E-state index contributed by atoms with van der Waals surface area (Å²) in [4.78, 5) is 18.2. The topological polar surface area (TPSA) is 45.2 Å². The molecule has 4 nitrogen and oxygen atoms in total. The third-order valence-corrected chi connectivity index (χ3v) is 3.38. The predicted octanol–water partition coefficient (Wildman–Crippen LogP) is 2.93. The molecule has 1 aromatic heterocycles. The second-order valence-electron chi connectivity index (χ2n) is 5.08. The first-order valence-corrected chi connectivity index (χ1v) is 6.79. The van der Waals surface area contributed by atoms with Gasteiger partial charge in [-0.1, -0.05) is 18.2 Å². The van der Waals surface area contributed by atoms with Gasteiger partial charge in [0.1, 0.15) is 0 Å². The average Bonchev–Trinajstić information content (AvgIpc) is 3.31. The number of anilines is 2. The standard InChI is InChI=1S/C16H17N3O/c1-19(15-5-3-2-4-6-15)16(20)12-9-14(11-17-10-12)18-13-7-8-13/h2-6,9-11,13,18H,7-8H2,1H3. The first-order chi connectivity index (χ1) is 9.74. The summed E-state index contributed by atoms with van der Waals surface area (Å²) in [5, 5.41) is 3.36. The largest absolute Gasteiger partial charge is 0.381 e. The Morgan fingerprint density at radius 3 is 2.70 bits per heavy atom. The molecule has 3 rings (SSSR count). The van der Waals surface area contributed by atoms with Crippen LogP contribution in [0.2, 0.25) is 0 Å². The first-order valence-electron chi connectivity index (χ1n) is 6.79. The van der Waals surface area contributed by atoms with Crippen molar-refractivity contribution >= 4 is 17.3 Å². The van der Waals surface area contributed by atoms with E-state index in [2.05, 4.69) is 10.3 Å². The number of pyridine rings is 1. The molecule has 0 atom stereocenters. The van der Waals surface area contributed by atoms with Crippen LogP contribution in [-0.2, 0) is 0 Å². The molecule has 0 aliphatic heterocycles. The average molecular weight is 267 g/mol. The van der Waals surface area contributed by atoms with Crippen LogP contribution in [0.4, 0.5) is 11.4 Å². The molecule has 0 radical (unpaired) electrons. The molecule has 0 bridgehead atoms. The highest BCUT2D eigenvalue weighted by Gasteiger charge is 2.21. The van der Waals surface area contributed by atoms with E-state index in [1.807, 2.05) is 36.4 Å². The Labute approximate surface area is 118 Å². The number of aromatic nitrogens is 1. The van der Waals surface area contributed by atoms with Crippen LogP contribution < -0.4 is 10.2 Å². The van der Waals surface area contributed by atoms with Gasteiger partial charge >= 0.3 is 0 Å². The van der Waals surface area contributed by atoms with Crippen LogP contribution in [-0.4, -0.2) is 24.0 Å². The van der Waals surface area contributed by atoms with Gasteiger partial charge in [0.25, 0.3) is 5.91 Å². The second-order valence-corrected chi connectivity index (χ2v) is 5.08. The van der Waals surface area contributed by atoms with Crippen LogP contribution in [0.5, 0.6) is 0 Å². The number of benzene rings is 1. The SMILES string of the molecule is CN(C(=O)c1cncc(NC2CC2)c1)c1ccccc1. The molecule has 20 heavy (non-hydrogen) atoms. The normalized spacial score (nSPS) is 13.8. The zero-order valence-electron chi connectivity index (χ0n) is 11.4. The fraction of sp³-hybridized carbons (Fsp3) is 0.250. The zero-order valence-corrected chi connectivity index (χ0v) is 11.4. The number of carbonyl (C=O) groups is 1. The van der Waals surface area contributed by atoms with Crippen LogP contribution in [0.3, 0.4) is 0 Å². The van der Waals surface area contributed by atoms with Crippen molar-refractivity contribution in [2.75, 3.05) is 17.3 Å². The number of hydrogen-bond acceptors (Lipinski definition) is 3. The Bertz CT molecular complexity index is 608. The van der Waals surface area contributed by atoms with Gasteiger partial charge in [0.05, 0.1) is 11.3 Å². The molecule has 1 N–H and O–H groups in total. The van der Waals surface area contributed by atoms with E-state index in [0.29, 0.717) is 11.6 Å². The van der Waals surface area contributed by atoms with Crippen molar-refractivity contribution in [3.8, 4) is 0 Å². The van der Waals surface area contributed by atoms with Gasteiger partial charge in [-0.25, -0.2) is 0 Å². The van der Waals surface area contributed by atoms with Crippen molar-refractivity contribution in [1.29, 1.82) is 0 Å². The van der Waals surface area contributed by atoms with Crippen LogP contribution >= 0.6 is 0 Å². The van der Waals surface area contributed by atoms with Crippen LogP contribution in [0.15, 0.2) is 48.8 Å². The van der Waals surface area contributed by atoms with Gasteiger partial charge in [-0.15, -0.1) is 0 Å². The number of nitrogens with one attached hydrogen (secondary N) is 1. The molecular weight excluding hydrogens is 250 g/mol. The van der Waals surface area contributed by atoms with E-state index in [1.165, 1.54) is 12.8 Å². The van der Waals surface area contributed by atoms with Crippen molar-refractivity contribution in [3.05, 3.63) is 54.4 Å². The molecule has 1 aliphatic rings. The van der Waals surface area contributed by atoms with Gasteiger partial charge in [0.2, 0.25) is 0 Å². The summed E-state index contributed by atoms with van der Waals surface area (Å²) in [5.41, 5.74) is 2.39. The van der Waals surface area contributed by atoms with E-state index < -0.39 is 0 Å². The summed E-state index contributed by atoms with van der Waals surface area (Å²) in [5.74, 6) is -0.0526. The Kier molecular flexibility index (Phi) is 3.37. The highest BCUT2D eigenvalue weighted by atomic mass is 16.2. The summed E-state index contributed by atoms with van der Waals surface area (Å²) < 4.78 is 0. The van der Waals surface area contributed by atoms with Crippen molar-refractivity contribution in [1.82, 2.24) is 4.98 Å². The lowest BCUT2D eigenvalue weighted by Crippen LogP contribution is -2.26.